The van der Waals surface area contributed by atoms with Crippen molar-refractivity contribution in [2.24, 2.45) is 5.10 Å². The van der Waals surface area contributed by atoms with Gasteiger partial charge in [0.05, 0.1) is 6.21 Å². The summed E-state index contributed by atoms with van der Waals surface area (Å²) in [7, 11) is 2.12. The van der Waals surface area contributed by atoms with Gasteiger partial charge in [-0.1, -0.05) is 0 Å². The number of carbonyl (C=O) groups is 1. The molecule has 2 aliphatic heterocycles. The standard InChI is InChI=1S/C16H22N4O3/c1-19-6-8-20(9-7-19)5-4-16(21)18-17-11-13-2-3-14-15(10-13)23-12-22-14/h2-3,10-11H,4-9,12H2,1H3,(H,18,21)/b17-11-. The fraction of sp³-hybridized carbons (Fsp3) is 0.500. The number of amides is 1. The third kappa shape index (κ3) is 4.43. The Balaban J connectivity index is 1.40. The van der Waals surface area contributed by atoms with Gasteiger partial charge in [-0.3, -0.25) is 4.79 Å². The Bertz CT molecular complexity index is 583. The number of likely N-dealkylation sites (N-methyl/N-ethyl adjacent to an activating group) is 1. The van der Waals surface area contributed by atoms with Gasteiger partial charge < -0.3 is 19.3 Å². The second-order valence-electron chi connectivity index (χ2n) is 5.80. The van der Waals surface area contributed by atoms with Crippen LogP contribution in [0.5, 0.6) is 11.5 Å². The second-order valence-corrected chi connectivity index (χ2v) is 5.80. The van der Waals surface area contributed by atoms with Gasteiger partial charge in [0.1, 0.15) is 0 Å². The van der Waals surface area contributed by atoms with E-state index >= 15 is 0 Å². The highest BCUT2D eigenvalue weighted by Gasteiger charge is 2.14. The first-order valence-electron chi connectivity index (χ1n) is 7.83. The SMILES string of the molecule is CN1CCN(CCC(=O)N/N=C\c2ccc3c(c2)OCO3)CC1. The average molecular weight is 318 g/mol. The first-order chi connectivity index (χ1) is 11.2. The van der Waals surface area contributed by atoms with Crippen molar-refractivity contribution in [3.8, 4) is 11.5 Å². The Morgan fingerprint density at radius 1 is 1.26 bits per heavy atom. The Labute approximate surface area is 135 Å². The lowest BCUT2D eigenvalue weighted by atomic mass is 10.2. The topological polar surface area (TPSA) is 66.4 Å². The summed E-state index contributed by atoms with van der Waals surface area (Å²) in [5, 5.41) is 4.00. The summed E-state index contributed by atoms with van der Waals surface area (Å²) in [5.41, 5.74) is 3.42. The van der Waals surface area contributed by atoms with Crippen molar-refractivity contribution in [2.45, 2.75) is 6.42 Å². The van der Waals surface area contributed by atoms with E-state index in [0.29, 0.717) is 12.2 Å². The lowest BCUT2D eigenvalue weighted by Crippen LogP contribution is -2.45. The molecule has 0 radical (unpaired) electrons. The predicted octanol–water partition coefficient (Wildman–Crippen LogP) is 0.503. The Kier molecular flexibility index (Phi) is 5.09. The molecule has 0 saturated carbocycles. The Morgan fingerprint density at radius 2 is 2.04 bits per heavy atom. The van der Waals surface area contributed by atoms with E-state index in [-0.39, 0.29) is 12.7 Å². The molecule has 3 rings (SSSR count). The number of piperazine rings is 1. The molecular weight excluding hydrogens is 296 g/mol. The molecule has 1 saturated heterocycles. The molecule has 0 atom stereocenters. The first kappa shape index (κ1) is 15.8. The van der Waals surface area contributed by atoms with Crippen LogP contribution >= 0.6 is 0 Å². The van der Waals surface area contributed by atoms with Crippen molar-refractivity contribution >= 4 is 12.1 Å². The maximum absolute atomic E-state index is 11.8. The van der Waals surface area contributed by atoms with Crippen LogP contribution in [0.1, 0.15) is 12.0 Å². The minimum Gasteiger partial charge on any atom is -0.454 e. The molecule has 124 valence electrons. The number of hydrogen-bond donors (Lipinski definition) is 1. The van der Waals surface area contributed by atoms with Crippen molar-refractivity contribution in [1.82, 2.24) is 15.2 Å². The van der Waals surface area contributed by atoms with Crippen LogP contribution in [0.2, 0.25) is 0 Å². The van der Waals surface area contributed by atoms with Gasteiger partial charge in [0.25, 0.3) is 0 Å². The van der Waals surface area contributed by atoms with Crippen LogP contribution in [0, 0.1) is 0 Å². The molecule has 1 aromatic rings. The normalized spacial score (nSPS) is 18.5. The minimum absolute atomic E-state index is 0.0686. The van der Waals surface area contributed by atoms with Gasteiger partial charge in [-0.25, -0.2) is 5.43 Å². The van der Waals surface area contributed by atoms with Crippen LogP contribution in [0.3, 0.4) is 0 Å². The molecule has 1 aromatic carbocycles. The summed E-state index contributed by atoms with van der Waals surface area (Å²) in [6.07, 6.45) is 2.07. The van der Waals surface area contributed by atoms with Gasteiger partial charge >= 0.3 is 0 Å². The minimum atomic E-state index is -0.0686. The van der Waals surface area contributed by atoms with Gasteiger partial charge in [-0.05, 0) is 30.8 Å². The van der Waals surface area contributed by atoms with Crippen LogP contribution < -0.4 is 14.9 Å². The summed E-state index contributed by atoms with van der Waals surface area (Å²) in [5.74, 6) is 1.37. The quantitative estimate of drug-likeness (QED) is 0.633. The Morgan fingerprint density at radius 3 is 2.87 bits per heavy atom. The van der Waals surface area contributed by atoms with Gasteiger partial charge in [0, 0.05) is 39.1 Å². The van der Waals surface area contributed by atoms with E-state index in [9.17, 15) is 4.79 Å². The lowest BCUT2D eigenvalue weighted by molar-refractivity contribution is -0.121. The molecule has 0 spiro atoms. The molecule has 0 aromatic heterocycles. The number of hydrogen-bond acceptors (Lipinski definition) is 6. The maximum Gasteiger partial charge on any atom is 0.241 e. The molecular formula is C16H22N4O3. The van der Waals surface area contributed by atoms with Crippen molar-refractivity contribution in [1.29, 1.82) is 0 Å². The third-order valence-corrected chi connectivity index (χ3v) is 4.05. The smallest absolute Gasteiger partial charge is 0.241 e. The summed E-state index contributed by atoms with van der Waals surface area (Å²) in [4.78, 5) is 16.4. The van der Waals surface area contributed by atoms with E-state index in [2.05, 4.69) is 27.4 Å². The predicted molar refractivity (Wildman–Crippen MR) is 86.9 cm³/mol. The number of fused-ring (bicyclic) bond motifs is 1. The lowest BCUT2D eigenvalue weighted by Gasteiger charge is -2.32. The number of hydrazone groups is 1. The maximum atomic E-state index is 11.8. The molecule has 7 nitrogen and oxygen atoms in total. The Hall–Kier alpha value is -2.12. The summed E-state index contributed by atoms with van der Waals surface area (Å²) >= 11 is 0. The van der Waals surface area contributed by atoms with Crippen LogP contribution in [-0.2, 0) is 4.79 Å². The molecule has 0 aliphatic carbocycles. The highest BCUT2D eigenvalue weighted by atomic mass is 16.7. The molecule has 7 heteroatoms. The highest BCUT2D eigenvalue weighted by Crippen LogP contribution is 2.31. The average Bonchev–Trinajstić information content (AvgIpc) is 3.02. The summed E-state index contributed by atoms with van der Waals surface area (Å²) in [6.45, 7) is 5.18. The first-order valence-corrected chi connectivity index (χ1v) is 7.83. The molecule has 2 heterocycles. The molecule has 0 unspecified atom stereocenters. The van der Waals surface area contributed by atoms with Crippen molar-refractivity contribution in [3.05, 3.63) is 23.8 Å². The van der Waals surface area contributed by atoms with Crippen molar-refractivity contribution in [2.75, 3.05) is 46.6 Å². The van der Waals surface area contributed by atoms with Crippen molar-refractivity contribution < 1.29 is 14.3 Å². The number of nitrogens with zero attached hydrogens (tertiary/aromatic N) is 3. The fourth-order valence-electron chi connectivity index (χ4n) is 2.56. The summed E-state index contributed by atoms with van der Waals surface area (Å²) in [6, 6.07) is 5.54. The second kappa shape index (κ2) is 7.43. The summed E-state index contributed by atoms with van der Waals surface area (Å²) < 4.78 is 10.5. The monoisotopic (exact) mass is 318 g/mol. The number of benzene rings is 1. The van der Waals surface area contributed by atoms with E-state index in [1.54, 1.807) is 6.21 Å². The van der Waals surface area contributed by atoms with E-state index in [0.717, 1.165) is 44.0 Å². The largest absolute Gasteiger partial charge is 0.454 e. The molecule has 0 bridgehead atoms. The molecule has 1 amide bonds. The molecule has 23 heavy (non-hydrogen) atoms. The number of carbonyl (C=O) groups excluding carboxylic acids is 1. The number of ether oxygens (including phenoxy) is 2. The van der Waals surface area contributed by atoms with Gasteiger partial charge in [-0.2, -0.15) is 5.10 Å². The van der Waals surface area contributed by atoms with E-state index < -0.39 is 0 Å². The zero-order valence-corrected chi connectivity index (χ0v) is 13.3. The fourth-order valence-corrected chi connectivity index (χ4v) is 2.56. The zero-order valence-electron chi connectivity index (χ0n) is 13.3. The van der Waals surface area contributed by atoms with Gasteiger partial charge in [0.15, 0.2) is 11.5 Å². The van der Waals surface area contributed by atoms with Crippen LogP contribution in [0.25, 0.3) is 0 Å². The number of rotatable bonds is 5. The van der Waals surface area contributed by atoms with E-state index in [4.69, 9.17) is 9.47 Å². The molecule has 1 N–H and O–H groups in total. The molecule has 2 aliphatic rings. The van der Waals surface area contributed by atoms with Crippen LogP contribution in [-0.4, -0.2) is 68.5 Å². The van der Waals surface area contributed by atoms with E-state index in [1.165, 1.54) is 0 Å². The van der Waals surface area contributed by atoms with Gasteiger partial charge in [-0.15, -0.1) is 0 Å². The zero-order chi connectivity index (χ0) is 16.1. The third-order valence-electron chi connectivity index (χ3n) is 4.05. The van der Waals surface area contributed by atoms with Crippen LogP contribution in [0.4, 0.5) is 0 Å². The van der Waals surface area contributed by atoms with Gasteiger partial charge in [0.2, 0.25) is 12.7 Å². The van der Waals surface area contributed by atoms with Crippen molar-refractivity contribution in [3.63, 3.8) is 0 Å². The van der Waals surface area contributed by atoms with Crippen LogP contribution in [0.15, 0.2) is 23.3 Å². The number of nitrogens with one attached hydrogen (secondary N) is 1. The molecule has 1 fully saturated rings. The highest BCUT2D eigenvalue weighted by molar-refractivity contribution is 5.83. The van der Waals surface area contributed by atoms with E-state index in [1.807, 2.05) is 18.2 Å².